The van der Waals surface area contributed by atoms with E-state index in [-0.39, 0.29) is 0 Å². The highest BCUT2D eigenvalue weighted by Crippen LogP contribution is 2.23. The first-order chi connectivity index (χ1) is 8.56. The largest absolute Gasteiger partial charge is 0.380 e. The van der Waals surface area contributed by atoms with Crippen molar-refractivity contribution in [3.63, 3.8) is 0 Å². The van der Waals surface area contributed by atoms with Crippen LogP contribution in [0, 0.1) is 13.8 Å². The lowest BCUT2D eigenvalue weighted by Crippen LogP contribution is -2.00. The summed E-state index contributed by atoms with van der Waals surface area (Å²) >= 11 is 9.21. The smallest absolute Gasteiger partial charge is 0.143 e. The number of benzene rings is 1. The minimum Gasteiger partial charge on any atom is -0.380 e. The van der Waals surface area contributed by atoms with Crippen LogP contribution in [-0.4, -0.2) is 4.98 Å². The van der Waals surface area contributed by atoms with Gasteiger partial charge in [-0.15, -0.1) is 0 Å². The zero-order valence-corrected chi connectivity index (χ0v) is 12.6. The van der Waals surface area contributed by atoms with Crippen molar-refractivity contribution in [3.8, 4) is 0 Å². The first-order valence-corrected chi connectivity index (χ1v) is 6.84. The van der Waals surface area contributed by atoms with E-state index in [4.69, 9.17) is 11.6 Å². The van der Waals surface area contributed by atoms with Gasteiger partial charge in [-0.1, -0.05) is 29.8 Å². The van der Waals surface area contributed by atoms with Gasteiger partial charge in [-0.3, -0.25) is 0 Å². The van der Waals surface area contributed by atoms with Gasteiger partial charge < -0.3 is 5.32 Å². The molecule has 0 radical (unpaired) electrons. The molecule has 0 aliphatic carbocycles. The molecule has 1 N–H and O–H groups in total. The van der Waals surface area contributed by atoms with Gasteiger partial charge in [0.05, 0.1) is 16.4 Å². The summed E-state index contributed by atoms with van der Waals surface area (Å²) in [5.41, 5.74) is 4.83. The van der Waals surface area contributed by atoms with E-state index in [1.807, 2.05) is 6.07 Å². The van der Waals surface area contributed by atoms with Gasteiger partial charge in [-0.2, -0.15) is 0 Å². The first-order valence-electron chi connectivity index (χ1n) is 5.67. The van der Waals surface area contributed by atoms with Crippen LogP contribution in [0.3, 0.4) is 0 Å². The molecule has 2 aromatic rings. The molecule has 1 aromatic carbocycles. The number of nitrogens with zero attached hydrogens (tertiary/aromatic N) is 1. The Kier molecular flexibility index (Phi) is 4.25. The third kappa shape index (κ3) is 3.24. The normalized spacial score (nSPS) is 10.4. The summed E-state index contributed by atoms with van der Waals surface area (Å²) in [6, 6.07) is 8.40. The van der Waals surface area contributed by atoms with Crippen molar-refractivity contribution in [3.05, 3.63) is 56.8 Å². The summed E-state index contributed by atoms with van der Waals surface area (Å²) in [5, 5.41) is 3.80. The molecule has 0 amide bonds. The fourth-order valence-corrected chi connectivity index (χ4v) is 2.09. The van der Waals surface area contributed by atoms with Crippen LogP contribution in [-0.2, 0) is 6.54 Å². The summed E-state index contributed by atoms with van der Waals surface area (Å²) in [5.74, 6) is 0. The molecule has 1 aromatic heterocycles. The van der Waals surface area contributed by atoms with Crippen LogP contribution in [0.2, 0.25) is 5.15 Å². The van der Waals surface area contributed by atoms with Gasteiger partial charge >= 0.3 is 0 Å². The third-order valence-electron chi connectivity index (χ3n) is 2.86. The van der Waals surface area contributed by atoms with Crippen molar-refractivity contribution in [2.75, 3.05) is 5.32 Å². The van der Waals surface area contributed by atoms with E-state index >= 15 is 0 Å². The highest BCUT2D eigenvalue weighted by Gasteiger charge is 2.01. The molecule has 0 fully saturated rings. The summed E-state index contributed by atoms with van der Waals surface area (Å²) in [4.78, 5) is 4.08. The van der Waals surface area contributed by atoms with Gasteiger partial charge in [0.2, 0.25) is 0 Å². The Balaban J connectivity index is 2.06. The molecule has 18 heavy (non-hydrogen) atoms. The molecular weight excluding hydrogens is 312 g/mol. The van der Waals surface area contributed by atoms with E-state index in [0.29, 0.717) is 5.15 Å². The average Bonchev–Trinajstić information content (AvgIpc) is 2.35. The zero-order chi connectivity index (χ0) is 13.1. The van der Waals surface area contributed by atoms with Crippen LogP contribution in [0.25, 0.3) is 0 Å². The van der Waals surface area contributed by atoms with Crippen LogP contribution >= 0.6 is 27.5 Å². The van der Waals surface area contributed by atoms with Crippen molar-refractivity contribution in [2.45, 2.75) is 20.4 Å². The Hall–Kier alpha value is -1.06. The van der Waals surface area contributed by atoms with Gasteiger partial charge in [-0.25, -0.2) is 4.98 Å². The number of hydrogen-bond acceptors (Lipinski definition) is 2. The number of aryl methyl sites for hydroxylation is 2. The predicted molar refractivity (Wildman–Crippen MR) is 80.2 cm³/mol. The maximum atomic E-state index is 5.85. The molecule has 2 nitrogen and oxygen atoms in total. The lowest BCUT2D eigenvalue weighted by atomic mass is 10.1. The number of pyridine rings is 1. The Morgan fingerprint density at radius 2 is 2.00 bits per heavy atom. The summed E-state index contributed by atoms with van der Waals surface area (Å²) < 4.78 is 0.800. The zero-order valence-electron chi connectivity index (χ0n) is 10.3. The molecule has 1 heterocycles. The number of nitrogens with one attached hydrogen (secondary N) is 1. The molecule has 0 atom stereocenters. The number of halogens is 2. The molecule has 4 heteroatoms. The summed E-state index contributed by atoms with van der Waals surface area (Å²) in [7, 11) is 0. The Morgan fingerprint density at radius 1 is 1.22 bits per heavy atom. The van der Waals surface area contributed by atoms with E-state index in [1.165, 1.54) is 16.7 Å². The van der Waals surface area contributed by atoms with Crippen molar-refractivity contribution in [1.82, 2.24) is 4.98 Å². The minimum absolute atomic E-state index is 0.478. The standard InChI is InChI=1S/C14H14BrClN2/c1-9-3-4-11(5-10(9)2)7-17-12-6-13(15)14(16)18-8-12/h3-6,8,17H,7H2,1-2H3. The molecule has 2 rings (SSSR count). The molecule has 0 aliphatic heterocycles. The van der Waals surface area contributed by atoms with E-state index in [2.05, 4.69) is 58.3 Å². The molecule has 0 unspecified atom stereocenters. The van der Waals surface area contributed by atoms with E-state index in [0.717, 1.165) is 16.7 Å². The van der Waals surface area contributed by atoms with Gasteiger partial charge in [0.1, 0.15) is 5.15 Å². The average molecular weight is 326 g/mol. The van der Waals surface area contributed by atoms with Gasteiger partial charge in [0.15, 0.2) is 0 Å². The van der Waals surface area contributed by atoms with Gasteiger partial charge in [-0.05, 0) is 52.5 Å². The summed E-state index contributed by atoms with van der Waals surface area (Å²) in [6.07, 6.45) is 1.73. The SMILES string of the molecule is Cc1ccc(CNc2cnc(Cl)c(Br)c2)cc1C. The predicted octanol–water partition coefficient (Wildman–Crippen LogP) is 4.73. The van der Waals surface area contributed by atoms with Crippen LogP contribution in [0.15, 0.2) is 34.9 Å². The van der Waals surface area contributed by atoms with Crippen molar-refractivity contribution in [1.29, 1.82) is 0 Å². The van der Waals surface area contributed by atoms with E-state index < -0.39 is 0 Å². The third-order valence-corrected chi connectivity index (χ3v) is 4.00. The topological polar surface area (TPSA) is 24.9 Å². The van der Waals surface area contributed by atoms with E-state index in [9.17, 15) is 0 Å². The van der Waals surface area contributed by atoms with Crippen molar-refractivity contribution < 1.29 is 0 Å². The first kappa shape index (κ1) is 13.4. The fraction of sp³-hybridized carbons (Fsp3) is 0.214. The highest BCUT2D eigenvalue weighted by molar-refractivity contribution is 9.10. The Bertz CT molecular complexity index is 518. The maximum Gasteiger partial charge on any atom is 0.143 e. The second-order valence-corrected chi connectivity index (χ2v) is 5.48. The number of hydrogen-bond donors (Lipinski definition) is 1. The molecule has 0 spiro atoms. The lowest BCUT2D eigenvalue weighted by Gasteiger charge is -2.09. The summed E-state index contributed by atoms with van der Waals surface area (Å²) in [6.45, 7) is 5.02. The Morgan fingerprint density at radius 3 is 2.67 bits per heavy atom. The van der Waals surface area contributed by atoms with Crippen molar-refractivity contribution >= 4 is 33.2 Å². The maximum absolute atomic E-state index is 5.85. The van der Waals surface area contributed by atoms with Crippen molar-refractivity contribution in [2.24, 2.45) is 0 Å². The molecule has 0 aliphatic rings. The van der Waals surface area contributed by atoms with Gasteiger partial charge in [0.25, 0.3) is 0 Å². The highest BCUT2D eigenvalue weighted by atomic mass is 79.9. The molecule has 94 valence electrons. The number of anilines is 1. The lowest BCUT2D eigenvalue weighted by molar-refractivity contribution is 1.12. The van der Waals surface area contributed by atoms with Gasteiger partial charge in [0, 0.05) is 6.54 Å². The second-order valence-electron chi connectivity index (χ2n) is 4.27. The van der Waals surface area contributed by atoms with E-state index in [1.54, 1.807) is 6.20 Å². The second kappa shape index (κ2) is 5.72. The monoisotopic (exact) mass is 324 g/mol. The van der Waals surface area contributed by atoms with Crippen LogP contribution in [0.1, 0.15) is 16.7 Å². The van der Waals surface area contributed by atoms with Crippen LogP contribution in [0.4, 0.5) is 5.69 Å². The number of aromatic nitrogens is 1. The Labute approximate surface area is 121 Å². The molecule has 0 saturated heterocycles. The minimum atomic E-state index is 0.478. The molecule has 0 saturated carbocycles. The van der Waals surface area contributed by atoms with Crippen LogP contribution < -0.4 is 5.32 Å². The quantitative estimate of drug-likeness (QED) is 0.825. The van der Waals surface area contributed by atoms with Crippen LogP contribution in [0.5, 0.6) is 0 Å². The number of rotatable bonds is 3. The molecule has 0 bridgehead atoms. The molecular formula is C14H14BrClN2. The fourth-order valence-electron chi connectivity index (χ4n) is 1.64.